The third kappa shape index (κ3) is 5.56. The highest BCUT2D eigenvalue weighted by molar-refractivity contribution is 7.91. The molecule has 0 heterocycles. The number of hydroxylamine groups is 1. The van der Waals surface area contributed by atoms with Crippen molar-refractivity contribution in [3.05, 3.63) is 83.2 Å². The van der Waals surface area contributed by atoms with Crippen molar-refractivity contribution in [2.24, 2.45) is 16.6 Å². The van der Waals surface area contributed by atoms with Gasteiger partial charge in [-0.25, -0.2) is 21.6 Å². The van der Waals surface area contributed by atoms with Crippen LogP contribution < -0.4 is 21.7 Å². The van der Waals surface area contributed by atoms with Crippen LogP contribution in [-0.2, 0) is 21.1 Å². The van der Waals surface area contributed by atoms with Crippen molar-refractivity contribution < 1.29 is 41.5 Å². The van der Waals surface area contributed by atoms with Crippen molar-refractivity contribution in [1.29, 1.82) is 0 Å². The summed E-state index contributed by atoms with van der Waals surface area (Å²) in [5, 5.41) is 20.9. The van der Waals surface area contributed by atoms with E-state index < -0.39 is 67.0 Å². The van der Waals surface area contributed by atoms with Crippen LogP contribution in [-0.4, -0.2) is 36.6 Å². The molecule has 3 rings (SSSR count). The molecule has 0 aromatic heterocycles. The van der Waals surface area contributed by atoms with Gasteiger partial charge in [-0.15, -0.1) is 0 Å². The fourth-order valence-corrected chi connectivity index (χ4v) is 4.71. The largest absolute Gasteiger partial charge is 0.451 e. The summed E-state index contributed by atoms with van der Waals surface area (Å²) >= 11 is 0. The van der Waals surface area contributed by atoms with Gasteiger partial charge in [0.1, 0.15) is 17.6 Å². The van der Waals surface area contributed by atoms with Crippen LogP contribution in [0.5, 0.6) is 11.5 Å². The Bertz CT molecular complexity index is 1410. The van der Waals surface area contributed by atoms with Crippen molar-refractivity contribution in [1.82, 2.24) is 5.48 Å². The van der Waals surface area contributed by atoms with Gasteiger partial charge >= 0.3 is 0 Å². The number of rotatable bonds is 9. The number of halogens is 3. The number of sulfone groups is 1. The fraction of sp³-hybridized carbons (Fsp3) is 0.0909. The summed E-state index contributed by atoms with van der Waals surface area (Å²) in [6.45, 7) is 0. The summed E-state index contributed by atoms with van der Waals surface area (Å²) < 4.78 is 74.5. The first-order valence-corrected chi connectivity index (χ1v) is 11.4. The molecule has 0 aliphatic rings. The molecule has 14 heteroatoms. The van der Waals surface area contributed by atoms with Crippen LogP contribution in [0, 0.1) is 17.5 Å². The molecule has 10 nitrogen and oxygen atoms in total. The molecule has 0 bridgehead atoms. The molecule has 0 fully saturated rings. The summed E-state index contributed by atoms with van der Waals surface area (Å²) in [4.78, 5) is 10.1. The zero-order valence-electron chi connectivity index (χ0n) is 18.2. The smallest absolute Gasteiger partial charge is 0.237 e. The van der Waals surface area contributed by atoms with E-state index in [1.54, 1.807) is 5.48 Å². The molecular formula is C22H19F3N4O6S. The number of benzene rings is 3. The van der Waals surface area contributed by atoms with Crippen molar-refractivity contribution in [3.63, 3.8) is 0 Å². The molecule has 1 atom stereocenters. The molecule has 0 saturated heterocycles. The summed E-state index contributed by atoms with van der Waals surface area (Å²) in [5.41, 5.74) is 12.2. The lowest BCUT2D eigenvalue weighted by atomic mass is 10.0. The van der Waals surface area contributed by atoms with E-state index in [0.29, 0.717) is 12.1 Å². The predicted molar refractivity (Wildman–Crippen MR) is 119 cm³/mol. The average Bonchev–Trinajstić information content (AvgIpc) is 2.84. The minimum Gasteiger partial charge on any atom is -0.451 e. The topological polar surface area (TPSA) is 177 Å². The van der Waals surface area contributed by atoms with Crippen LogP contribution in [0.1, 0.15) is 11.1 Å². The quantitative estimate of drug-likeness (QED) is 0.122. The third-order valence-electron chi connectivity index (χ3n) is 5.00. The number of amidine groups is 1. The maximum absolute atomic E-state index is 14.8. The van der Waals surface area contributed by atoms with E-state index >= 15 is 0 Å². The van der Waals surface area contributed by atoms with Crippen molar-refractivity contribution >= 4 is 21.6 Å². The second kappa shape index (κ2) is 10.6. The Morgan fingerprint density at radius 1 is 1.03 bits per heavy atom. The van der Waals surface area contributed by atoms with Crippen LogP contribution in [0.2, 0.25) is 0 Å². The number of nitrogens with zero attached hydrogens (tertiary/aromatic N) is 1. The normalized spacial score (nSPS) is 12.8. The minimum absolute atomic E-state index is 0.0652. The molecule has 3 aromatic carbocycles. The maximum atomic E-state index is 14.8. The first-order valence-electron chi connectivity index (χ1n) is 9.95. The van der Waals surface area contributed by atoms with Crippen LogP contribution >= 0.6 is 0 Å². The standard InChI is InChI=1S/C22H19F3N4O6S/c23-13-3-5-14(6-4-13)35-20-16(24)9-15(10-17(20)25)36(33,34)19-8-12(21(26)29-32)2-1-11(19)7-18(28-31)22(27)30/h1-6,8-10,18,28,31-32H,7H2,(H2,26,29)(H2,27,30)/t18-/m1/s1. The van der Waals surface area contributed by atoms with E-state index in [1.165, 1.54) is 12.1 Å². The lowest BCUT2D eigenvalue weighted by molar-refractivity contribution is -0.122. The second-order valence-electron chi connectivity index (χ2n) is 7.37. The number of nitrogens with two attached hydrogens (primary N) is 2. The SMILES string of the molecule is NC(=O)[C@@H](Cc1ccc(C(N)=NO)cc1S(=O)(=O)c1cc(F)c(Oc2ccc(F)cc2)c(F)c1)NO. The van der Waals surface area contributed by atoms with E-state index in [4.69, 9.17) is 21.4 Å². The van der Waals surface area contributed by atoms with Gasteiger partial charge in [-0.1, -0.05) is 17.3 Å². The Morgan fingerprint density at radius 2 is 1.64 bits per heavy atom. The summed E-state index contributed by atoms with van der Waals surface area (Å²) in [5.74, 6) is -5.87. The Kier molecular flexibility index (Phi) is 7.82. The van der Waals surface area contributed by atoms with E-state index in [1.807, 2.05) is 0 Å². The molecule has 0 unspecified atom stereocenters. The molecule has 1 amide bonds. The first kappa shape index (κ1) is 26.5. The molecule has 36 heavy (non-hydrogen) atoms. The predicted octanol–water partition coefficient (Wildman–Crippen LogP) is 2.20. The summed E-state index contributed by atoms with van der Waals surface area (Å²) in [6, 6.07) is 7.27. The number of carbonyl (C=O) groups excluding carboxylic acids is 1. The Balaban J connectivity index is 2.11. The minimum atomic E-state index is -4.69. The number of oxime groups is 1. The van der Waals surface area contributed by atoms with E-state index in [2.05, 4.69) is 5.16 Å². The average molecular weight is 524 g/mol. The van der Waals surface area contributed by atoms with E-state index in [9.17, 15) is 31.6 Å². The van der Waals surface area contributed by atoms with Crippen molar-refractivity contribution in [2.75, 3.05) is 0 Å². The van der Waals surface area contributed by atoms with Gasteiger partial charge in [-0.05, 0) is 48.0 Å². The first-order chi connectivity index (χ1) is 17.0. The summed E-state index contributed by atoms with van der Waals surface area (Å²) in [6.07, 6.45) is -0.437. The Labute approximate surface area is 202 Å². The molecular weight excluding hydrogens is 505 g/mol. The van der Waals surface area contributed by atoms with Gasteiger partial charge < -0.3 is 26.6 Å². The van der Waals surface area contributed by atoms with E-state index in [-0.39, 0.29) is 16.9 Å². The van der Waals surface area contributed by atoms with Gasteiger partial charge in [0.2, 0.25) is 15.7 Å². The van der Waals surface area contributed by atoms with Gasteiger partial charge in [0.15, 0.2) is 23.2 Å². The molecule has 0 spiro atoms. The molecule has 190 valence electrons. The monoisotopic (exact) mass is 524 g/mol. The highest BCUT2D eigenvalue weighted by Gasteiger charge is 2.28. The number of nitrogens with one attached hydrogen (secondary N) is 1. The Hall–Kier alpha value is -4.14. The number of ether oxygens (including phenoxy) is 1. The fourth-order valence-electron chi connectivity index (χ4n) is 3.16. The molecule has 0 radical (unpaired) electrons. The zero-order valence-corrected chi connectivity index (χ0v) is 19.0. The molecule has 3 aromatic rings. The highest BCUT2D eigenvalue weighted by Crippen LogP contribution is 2.33. The van der Waals surface area contributed by atoms with Crippen LogP contribution in [0.4, 0.5) is 13.2 Å². The molecule has 0 saturated carbocycles. The second-order valence-corrected chi connectivity index (χ2v) is 9.29. The number of amides is 1. The summed E-state index contributed by atoms with van der Waals surface area (Å²) in [7, 11) is -4.69. The molecule has 0 aliphatic heterocycles. The number of hydrogen-bond donors (Lipinski definition) is 5. The van der Waals surface area contributed by atoms with Crippen molar-refractivity contribution in [3.8, 4) is 11.5 Å². The lowest BCUT2D eigenvalue weighted by Gasteiger charge is -2.17. The zero-order chi connectivity index (χ0) is 26.6. The van der Waals surface area contributed by atoms with Gasteiger partial charge in [-0.2, -0.15) is 5.48 Å². The maximum Gasteiger partial charge on any atom is 0.237 e. The van der Waals surface area contributed by atoms with Gasteiger partial charge in [0.25, 0.3) is 0 Å². The highest BCUT2D eigenvalue weighted by atomic mass is 32.2. The molecule has 0 aliphatic carbocycles. The van der Waals surface area contributed by atoms with Gasteiger partial charge in [0, 0.05) is 12.0 Å². The van der Waals surface area contributed by atoms with Crippen LogP contribution in [0.25, 0.3) is 0 Å². The van der Waals surface area contributed by atoms with Gasteiger partial charge in [0.05, 0.1) is 9.79 Å². The number of carbonyl (C=O) groups is 1. The third-order valence-corrected chi connectivity index (χ3v) is 6.81. The molecule has 7 N–H and O–H groups in total. The van der Waals surface area contributed by atoms with Crippen LogP contribution in [0.15, 0.2) is 69.5 Å². The van der Waals surface area contributed by atoms with Crippen LogP contribution in [0.3, 0.4) is 0 Å². The lowest BCUT2D eigenvalue weighted by Crippen LogP contribution is -2.41. The van der Waals surface area contributed by atoms with Gasteiger partial charge in [-0.3, -0.25) is 4.79 Å². The Morgan fingerprint density at radius 3 is 2.17 bits per heavy atom. The van der Waals surface area contributed by atoms with Crippen molar-refractivity contribution in [2.45, 2.75) is 22.3 Å². The van der Waals surface area contributed by atoms with E-state index in [0.717, 1.165) is 30.3 Å². The number of primary amides is 1. The number of hydrogen-bond acceptors (Lipinski definition) is 8.